The van der Waals surface area contributed by atoms with E-state index in [0.717, 1.165) is 0 Å². The molecule has 0 amide bonds. The van der Waals surface area contributed by atoms with Crippen LogP contribution in [0.5, 0.6) is 0 Å². The molecule has 0 bridgehead atoms. The maximum Gasteiger partial charge on any atom is 0.262 e. The Balaban J connectivity index is 2.73. The summed E-state index contributed by atoms with van der Waals surface area (Å²) in [6.45, 7) is 1.19. The molecule has 1 aliphatic rings. The van der Waals surface area contributed by atoms with Gasteiger partial charge in [0.1, 0.15) is 0 Å². The number of halogens is 2. The van der Waals surface area contributed by atoms with Crippen molar-refractivity contribution in [2.45, 2.75) is 24.8 Å². The van der Waals surface area contributed by atoms with E-state index in [4.69, 9.17) is 5.11 Å². The van der Waals surface area contributed by atoms with Crippen molar-refractivity contribution in [3.63, 3.8) is 0 Å². The molecular formula is C7H13F2NO. The van der Waals surface area contributed by atoms with E-state index < -0.39 is 11.5 Å². The predicted molar refractivity (Wildman–Crippen MR) is 37.7 cm³/mol. The Kier molecular flexibility index (Phi) is 1.92. The number of hydrogen-bond donors (Lipinski definition) is 1. The maximum atomic E-state index is 12.7. The van der Waals surface area contributed by atoms with Crippen LogP contribution in [0.15, 0.2) is 0 Å². The first-order valence-corrected chi connectivity index (χ1v) is 3.60. The molecule has 0 aromatic rings. The molecule has 0 aromatic carbocycles. The largest absolute Gasteiger partial charge is 0.394 e. The Morgan fingerprint density at radius 1 is 1.55 bits per heavy atom. The van der Waals surface area contributed by atoms with Gasteiger partial charge in [-0.15, -0.1) is 0 Å². The van der Waals surface area contributed by atoms with Crippen LogP contribution in [-0.4, -0.2) is 41.7 Å². The Morgan fingerprint density at radius 2 is 2.09 bits per heavy atom. The van der Waals surface area contributed by atoms with Crippen LogP contribution in [0.25, 0.3) is 0 Å². The van der Waals surface area contributed by atoms with Gasteiger partial charge in [-0.25, -0.2) is 8.78 Å². The Hall–Kier alpha value is -0.220. The molecule has 0 aromatic heterocycles. The first kappa shape index (κ1) is 8.87. The third kappa shape index (κ3) is 1.51. The summed E-state index contributed by atoms with van der Waals surface area (Å²) in [5, 5.41) is 8.85. The second-order valence-corrected chi connectivity index (χ2v) is 3.54. The zero-order valence-corrected chi connectivity index (χ0v) is 6.77. The SMILES string of the molecule is CN1CC(F)(F)CC1(C)CO. The lowest BCUT2D eigenvalue weighted by Crippen LogP contribution is -2.41. The zero-order chi connectivity index (χ0) is 8.70. The predicted octanol–water partition coefficient (Wildman–Crippen LogP) is 0.708. The van der Waals surface area contributed by atoms with Crippen LogP contribution < -0.4 is 0 Å². The van der Waals surface area contributed by atoms with E-state index in [-0.39, 0.29) is 19.6 Å². The fourth-order valence-electron chi connectivity index (χ4n) is 1.46. The van der Waals surface area contributed by atoms with Crippen molar-refractivity contribution in [2.24, 2.45) is 0 Å². The van der Waals surface area contributed by atoms with Crippen LogP contribution in [0.4, 0.5) is 8.78 Å². The van der Waals surface area contributed by atoms with Gasteiger partial charge in [-0.2, -0.15) is 0 Å². The van der Waals surface area contributed by atoms with Crippen molar-refractivity contribution in [1.29, 1.82) is 0 Å². The van der Waals surface area contributed by atoms with E-state index in [1.165, 1.54) is 4.90 Å². The van der Waals surface area contributed by atoms with E-state index >= 15 is 0 Å². The number of rotatable bonds is 1. The molecular weight excluding hydrogens is 152 g/mol. The smallest absolute Gasteiger partial charge is 0.262 e. The third-order valence-corrected chi connectivity index (χ3v) is 2.37. The quantitative estimate of drug-likeness (QED) is 0.618. The monoisotopic (exact) mass is 165 g/mol. The van der Waals surface area contributed by atoms with Crippen LogP contribution >= 0.6 is 0 Å². The van der Waals surface area contributed by atoms with Crippen molar-refractivity contribution in [1.82, 2.24) is 4.90 Å². The zero-order valence-electron chi connectivity index (χ0n) is 6.77. The second kappa shape index (κ2) is 2.38. The minimum absolute atomic E-state index is 0.209. The number of aliphatic hydroxyl groups excluding tert-OH is 1. The molecule has 66 valence electrons. The lowest BCUT2D eigenvalue weighted by molar-refractivity contribution is 0.0112. The van der Waals surface area contributed by atoms with Gasteiger partial charge in [0, 0.05) is 12.0 Å². The van der Waals surface area contributed by atoms with Crippen molar-refractivity contribution in [3.05, 3.63) is 0 Å². The average Bonchev–Trinajstić information content (AvgIpc) is 2.03. The summed E-state index contributed by atoms with van der Waals surface area (Å²) in [6, 6.07) is 0. The van der Waals surface area contributed by atoms with E-state index in [9.17, 15) is 8.78 Å². The highest BCUT2D eigenvalue weighted by Gasteiger charge is 2.50. The molecule has 1 saturated heterocycles. The minimum atomic E-state index is -2.63. The summed E-state index contributed by atoms with van der Waals surface area (Å²) < 4.78 is 25.4. The van der Waals surface area contributed by atoms with Crippen molar-refractivity contribution in [2.75, 3.05) is 20.2 Å². The summed E-state index contributed by atoms with van der Waals surface area (Å²) in [5.41, 5.74) is -0.733. The van der Waals surface area contributed by atoms with Crippen LogP contribution in [0, 0.1) is 0 Å². The number of likely N-dealkylation sites (tertiary alicyclic amines) is 1. The van der Waals surface area contributed by atoms with Crippen LogP contribution in [0.1, 0.15) is 13.3 Å². The standard InChI is InChI=1S/C7H13F2NO/c1-6(5-11)3-7(8,9)4-10(6)2/h11H,3-5H2,1-2H3. The second-order valence-electron chi connectivity index (χ2n) is 3.54. The molecule has 1 heterocycles. The van der Waals surface area contributed by atoms with Gasteiger partial charge in [0.25, 0.3) is 5.92 Å². The summed E-state index contributed by atoms with van der Waals surface area (Å²) in [5.74, 6) is -2.63. The van der Waals surface area contributed by atoms with Gasteiger partial charge in [0.2, 0.25) is 0 Å². The van der Waals surface area contributed by atoms with E-state index in [2.05, 4.69) is 0 Å². The highest BCUT2D eigenvalue weighted by atomic mass is 19.3. The van der Waals surface area contributed by atoms with Gasteiger partial charge in [-0.3, -0.25) is 4.90 Å². The lowest BCUT2D eigenvalue weighted by atomic mass is 10.00. The molecule has 1 fully saturated rings. The molecule has 0 aliphatic carbocycles. The minimum Gasteiger partial charge on any atom is -0.394 e. The molecule has 1 rings (SSSR count). The molecule has 2 nitrogen and oxygen atoms in total. The maximum absolute atomic E-state index is 12.7. The van der Waals surface area contributed by atoms with Crippen molar-refractivity contribution in [3.8, 4) is 0 Å². The highest BCUT2D eigenvalue weighted by Crippen LogP contribution is 2.37. The van der Waals surface area contributed by atoms with E-state index in [1.807, 2.05) is 0 Å². The molecule has 11 heavy (non-hydrogen) atoms. The van der Waals surface area contributed by atoms with Crippen LogP contribution in [-0.2, 0) is 0 Å². The fraction of sp³-hybridized carbons (Fsp3) is 1.00. The van der Waals surface area contributed by atoms with Crippen LogP contribution in [0.2, 0.25) is 0 Å². The number of alkyl halides is 2. The normalized spacial score (nSPS) is 37.9. The molecule has 1 N–H and O–H groups in total. The van der Waals surface area contributed by atoms with E-state index in [1.54, 1.807) is 14.0 Å². The fourth-order valence-corrected chi connectivity index (χ4v) is 1.46. The number of nitrogens with zero attached hydrogens (tertiary/aromatic N) is 1. The van der Waals surface area contributed by atoms with Crippen molar-refractivity contribution >= 4 is 0 Å². The first-order chi connectivity index (χ1) is 4.90. The van der Waals surface area contributed by atoms with Gasteiger partial charge in [-0.05, 0) is 14.0 Å². The summed E-state index contributed by atoms with van der Waals surface area (Å²) in [7, 11) is 1.61. The van der Waals surface area contributed by atoms with Crippen molar-refractivity contribution < 1.29 is 13.9 Å². The number of aliphatic hydroxyl groups is 1. The van der Waals surface area contributed by atoms with Gasteiger partial charge >= 0.3 is 0 Å². The number of hydrogen-bond acceptors (Lipinski definition) is 2. The average molecular weight is 165 g/mol. The summed E-state index contributed by atoms with van der Waals surface area (Å²) >= 11 is 0. The Labute approximate surface area is 64.8 Å². The van der Waals surface area contributed by atoms with Gasteiger partial charge in [0.15, 0.2) is 0 Å². The Morgan fingerprint density at radius 3 is 2.27 bits per heavy atom. The first-order valence-electron chi connectivity index (χ1n) is 3.60. The Bertz CT molecular complexity index is 163. The molecule has 0 spiro atoms. The van der Waals surface area contributed by atoms with E-state index in [0.29, 0.717) is 0 Å². The molecule has 1 atom stereocenters. The summed E-state index contributed by atoms with van der Waals surface area (Å²) in [6.07, 6.45) is -0.243. The molecule has 4 heteroatoms. The molecule has 1 aliphatic heterocycles. The number of likely N-dealkylation sites (N-methyl/N-ethyl adjacent to an activating group) is 1. The van der Waals surface area contributed by atoms with Gasteiger partial charge < -0.3 is 5.11 Å². The molecule has 0 radical (unpaired) electrons. The van der Waals surface area contributed by atoms with Gasteiger partial charge in [-0.1, -0.05) is 0 Å². The lowest BCUT2D eigenvalue weighted by Gasteiger charge is -2.28. The topological polar surface area (TPSA) is 23.5 Å². The molecule has 0 saturated carbocycles. The molecule has 1 unspecified atom stereocenters. The highest BCUT2D eigenvalue weighted by molar-refractivity contribution is 4.98. The third-order valence-electron chi connectivity index (χ3n) is 2.37. The van der Waals surface area contributed by atoms with Crippen LogP contribution in [0.3, 0.4) is 0 Å². The summed E-state index contributed by atoms with van der Waals surface area (Å²) in [4.78, 5) is 1.51. The van der Waals surface area contributed by atoms with Gasteiger partial charge in [0.05, 0.1) is 13.2 Å².